The van der Waals surface area contributed by atoms with Crippen molar-refractivity contribution in [1.82, 2.24) is 40.5 Å². The number of nitrogens with two attached hydrogens (primary N) is 2. The SMILES string of the molecule is Nc1ncc([C@@H]2c3nc(N)[nH]c3C[C@@H](CNC(=O)c3cc(Br)c[nH]3)[C@@H]2CNC(=O)c2cc(Br)c[nH]2)[nH]1. The van der Waals surface area contributed by atoms with Crippen molar-refractivity contribution in [2.75, 3.05) is 24.6 Å². The van der Waals surface area contributed by atoms with E-state index in [1.54, 1.807) is 30.7 Å². The van der Waals surface area contributed by atoms with Gasteiger partial charge in [-0.2, -0.15) is 0 Å². The molecule has 0 aliphatic heterocycles. The van der Waals surface area contributed by atoms with Crippen LogP contribution in [0.1, 0.15) is 44.0 Å². The van der Waals surface area contributed by atoms with Gasteiger partial charge in [-0.25, -0.2) is 9.97 Å². The Morgan fingerprint density at radius 3 is 2.17 bits per heavy atom. The number of imidazole rings is 2. The summed E-state index contributed by atoms with van der Waals surface area (Å²) in [6, 6.07) is 3.42. The van der Waals surface area contributed by atoms with Crippen LogP contribution in [0.3, 0.4) is 0 Å². The number of H-pyrrole nitrogens is 4. The number of nitrogens with one attached hydrogen (secondary N) is 6. The third-order valence-electron chi connectivity index (χ3n) is 6.38. The molecule has 14 heteroatoms. The van der Waals surface area contributed by atoms with Crippen LogP contribution < -0.4 is 22.1 Å². The topological polar surface area (TPSA) is 199 Å². The first-order chi connectivity index (χ1) is 17.3. The van der Waals surface area contributed by atoms with Gasteiger partial charge < -0.3 is 42.0 Å². The van der Waals surface area contributed by atoms with Crippen LogP contribution >= 0.6 is 31.9 Å². The van der Waals surface area contributed by atoms with Gasteiger partial charge in [0, 0.05) is 51.7 Å². The number of carbonyl (C=O) groups excluding carboxylic acids is 2. The quantitative estimate of drug-likeness (QED) is 0.156. The van der Waals surface area contributed by atoms with Crippen LogP contribution in [0.4, 0.5) is 11.9 Å². The monoisotopic (exact) mass is 618 g/mol. The zero-order valence-corrected chi connectivity index (χ0v) is 22.0. The molecule has 1 aliphatic rings. The molecule has 0 saturated carbocycles. The van der Waals surface area contributed by atoms with Crippen molar-refractivity contribution < 1.29 is 9.59 Å². The molecule has 2 amide bonds. The van der Waals surface area contributed by atoms with Crippen LogP contribution in [0.15, 0.2) is 39.7 Å². The minimum atomic E-state index is -0.288. The second kappa shape index (κ2) is 9.85. The van der Waals surface area contributed by atoms with Crippen molar-refractivity contribution in [3.8, 4) is 0 Å². The molecule has 0 radical (unpaired) electrons. The molecule has 4 aromatic heterocycles. The Balaban J connectivity index is 1.43. The maximum absolute atomic E-state index is 12.8. The van der Waals surface area contributed by atoms with Crippen LogP contribution in [-0.4, -0.2) is 54.8 Å². The number of amides is 2. The molecule has 0 spiro atoms. The maximum Gasteiger partial charge on any atom is 0.267 e. The van der Waals surface area contributed by atoms with Crippen molar-refractivity contribution in [2.24, 2.45) is 11.8 Å². The second-order valence-corrected chi connectivity index (χ2v) is 10.5. The van der Waals surface area contributed by atoms with Gasteiger partial charge in [-0.15, -0.1) is 0 Å². The number of anilines is 2. The first-order valence-electron chi connectivity index (χ1n) is 11.2. The number of nitrogens with zero attached hydrogens (tertiary/aromatic N) is 2. The first-order valence-corrected chi connectivity index (χ1v) is 12.8. The first kappa shape index (κ1) is 24.2. The van der Waals surface area contributed by atoms with Crippen LogP contribution in [0.2, 0.25) is 0 Å². The van der Waals surface area contributed by atoms with E-state index < -0.39 is 0 Å². The van der Waals surface area contributed by atoms with E-state index >= 15 is 0 Å². The Bertz CT molecular complexity index is 1400. The predicted octanol–water partition coefficient (Wildman–Crippen LogP) is 2.26. The Morgan fingerprint density at radius 1 is 0.972 bits per heavy atom. The summed E-state index contributed by atoms with van der Waals surface area (Å²) in [4.78, 5) is 46.4. The van der Waals surface area contributed by atoms with E-state index in [2.05, 4.69) is 72.4 Å². The van der Waals surface area contributed by atoms with E-state index in [0.717, 1.165) is 26.0 Å². The highest BCUT2D eigenvalue weighted by atomic mass is 79.9. The van der Waals surface area contributed by atoms with Crippen LogP contribution in [0.25, 0.3) is 0 Å². The molecule has 188 valence electrons. The predicted molar refractivity (Wildman–Crippen MR) is 140 cm³/mol. The summed E-state index contributed by atoms with van der Waals surface area (Å²) >= 11 is 6.70. The third-order valence-corrected chi connectivity index (χ3v) is 7.30. The molecular formula is C22H24Br2N10O2. The lowest BCUT2D eigenvalue weighted by Gasteiger charge is -2.37. The molecule has 12 nitrogen and oxygen atoms in total. The summed E-state index contributed by atoms with van der Waals surface area (Å²) in [5.74, 6) is -0.390. The van der Waals surface area contributed by atoms with Gasteiger partial charge in [0.2, 0.25) is 0 Å². The minimum absolute atomic E-state index is 0.0649. The standard InChI is InChI=1S/C22H24Br2N10O2/c23-10-2-14(27-5-10)19(35)29-4-9-1-13-18(34-22(26)32-13)17(16-8-31-21(25)33-16)12(9)7-30-20(36)15-3-11(24)6-28-15/h2-3,5-6,8-9,12,17,27-28H,1,4,7H2,(H,29,35)(H,30,36)(H3,25,31,33)(H3,26,32,34)/t9-,12-,17+/m0/s1. The highest BCUT2D eigenvalue weighted by molar-refractivity contribution is 9.10. The van der Waals surface area contributed by atoms with Crippen molar-refractivity contribution in [2.45, 2.75) is 12.3 Å². The van der Waals surface area contributed by atoms with Crippen molar-refractivity contribution in [1.29, 1.82) is 0 Å². The van der Waals surface area contributed by atoms with E-state index in [1.807, 2.05) is 0 Å². The van der Waals surface area contributed by atoms with Crippen molar-refractivity contribution in [3.63, 3.8) is 0 Å². The number of halogens is 2. The lowest BCUT2D eigenvalue weighted by atomic mass is 9.71. The average Bonchev–Trinajstić information content (AvgIpc) is 3.63. The van der Waals surface area contributed by atoms with Gasteiger partial charge in [0.25, 0.3) is 11.8 Å². The summed E-state index contributed by atoms with van der Waals surface area (Å²) in [6.07, 6.45) is 5.65. The largest absolute Gasteiger partial charge is 0.369 e. The van der Waals surface area contributed by atoms with Gasteiger partial charge in [-0.3, -0.25) is 9.59 Å². The molecule has 3 atom stereocenters. The summed E-state index contributed by atoms with van der Waals surface area (Å²) in [7, 11) is 0. The number of rotatable bonds is 7. The molecule has 0 fully saturated rings. The number of hydrogen-bond acceptors (Lipinski definition) is 6. The van der Waals surface area contributed by atoms with Gasteiger partial charge in [-0.1, -0.05) is 0 Å². The molecule has 36 heavy (non-hydrogen) atoms. The normalized spacial score (nSPS) is 19.1. The fourth-order valence-electron chi connectivity index (χ4n) is 4.76. The van der Waals surface area contributed by atoms with E-state index in [-0.39, 0.29) is 35.5 Å². The molecule has 5 rings (SSSR count). The summed E-state index contributed by atoms with van der Waals surface area (Å²) in [6.45, 7) is 0.683. The minimum Gasteiger partial charge on any atom is -0.369 e. The van der Waals surface area contributed by atoms with E-state index in [1.165, 1.54) is 0 Å². The molecular weight excluding hydrogens is 596 g/mol. The molecule has 10 N–H and O–H groups in total. The van der Waals surface area contributed by atoms with Crippen LogP contribution in [0.5, 0.6) is 0 Å². The molecule has 0 bridgehead atoms. The number of aromatic nitrogens is 6. The zero-order chi connectivity index (χ0) is 25.4. The average molecular weight is 620 g/mol. The summed E-state index contributed by atoms with van der Waals surface area (Å²) < 4.78 is 1.57. The molecule has 0 unspecified atom stereocenters. The Kier molecular flexibility index (Phi) is 6.62. The number of aromatic amines is 4. The molecule has 0 saturated heterocycles. The van der Waals surface area contributed by atoms with E-state index in [9.17, 15) is 9.59 Å². The number of nitrogen functional groups attached to an aromatic ring is 2. The Labute approximate surface area is 222 Å². The van der Waals surface area contributed by atoms with E-state index in [0.29, 0.717) is 36.8 Å². The zero-order valence-electron chi connectivity index (χ0n) is 18.9. The van der Waals surface area contributed by atoms with Crippen LogP contribution in [0, 0.1) is 11.8 Å². The highest BCUT2D eigenvalue weighted by Crippen LogP contribution is 2.42. The van der Waals surface area contributed by atoms with Gasteiger partial charge in [0.15, 0.2) is 11.9 Å². The van der Waals surface area contributed by atoms with Gasteiger partial charge >= 0.3 is 0 Å². The summed E-state index contributed by atoms with van der Waals surface area (Å²) in [5.41, 5.74) is 15.2. The molecule has 4 heterocycles. The number of hydrogen-bond donors (Lipinski definition) is 8. The summed E-state index contributed by atoms with van der Waals surface area (Å²) in [5, 5.41) is 6.05. The molecule has 4 aromatic rings. The molecule has 1 aliphatic carbocycles. The molecule has 0 aromatic carbocycles. The Morgan fingerprint density at radius 2 is 1.61 bits per heavy atom. The highest BCUT2D eigenvalue weighted by Gasteiger charge is 2.41. The maximum atomic E-state index is 12.8. The number of fused-ring (bicyclic) bond motifs is 1. The Hall–Kier alpha value is -3.52. The fourth-order valence-corrected chi connectivity index (χ4v) is 5.45. The fraction of sp³-hybridized carbons (Fsp3) is 0.273. The third kappa shape index (κ3) is 4.91. The van der Waals surface area contributed by atoms with Gasteiger partial charge in [0.1, 0.15) is 11.4 Å². The second-order valence-electron chi connectivity index (χ2n) is 8.70. The lowest BCUT2D eigenvalue weighted by molar-refractivity contribution is 0.0906. The van der Waals surface area contributed by atoms with Gasteiger partial charge in [0.05, 0.1) is 11.9 Å². The number of carbonyl (C=O) groups is 2. The van der Waals surface area contributed by atoms with Crippen molar-refractivity contribution >= 4 is 55.6 Å². The van der Waals surface area contributed by atoms with Gasteiger partial charge in [-0.05, 0) is 62.2 Å². The smallest absolute Gasteiger partial charge is 0.267 e. The van der Waals surface area contributed by atoms with Crippen LogP contribution in [-0.2, 0) is 6.42 Å². The lowest BCUT2D eigenvalue weighted by Crippen LogP contribution is -2.44. The van der Waals surface area contributed by atoms with Crippen molar-refractivity contribution in [3.05, 3.63) is 68.1 Å². The van der Waals surface area contributed by atoms with E-state index in [4.69, 9.17) is 11.5 Å².